The molecular formula is C16H24NO3P. The Balaban J connectivity index is 0.000000921. The SMILES string of the molecule is CC.CC.O=C(COP)Cc1c[nH]c2ccccc2c1=O. The molecule has 0 bridgehead atoms. The standard InChI is InChI=1S/C12H12NO3P.2C2H6/c14-9(7-16-17)5-8-6-13-11-4-2-1-3-10(11)12(8)15;2*1-2/h1-4,6H,5,7,17H2,(H,13,15);2*1-2H3. The van der Waals surface area contributed by atoms with Crippen LogP contribution in [0.3, 0.4) is 0 Å². The number of rotatable bonds is 4. The van der Waals surface area contributed by atoms with Crippen LogP contribution in [0.5, 0.6) is 0 Å². The van der Waals surface area contributed by atoms with Crippen LogP contribution in [0, 0.1) is 0 Å². The number of ketones is 1. The number of hydrogen-bond acceptors (Lipinski definition) is 3. The quantitative estimate of drug-likeness (QED) is 0.879. The molecule has 4 nitrogen and oxygen atoms in total. The molecule has 1 aromatic heterocycles. The van der Waals surface area contributed by atoms with E-state index in [1.807, 2.05) is 49.3 Å². The normalized spacial score (nSPS) is 9.19. The molecule has 0 fully saturated rings. The number of hydrogen-bond donors (Lipinski definition) is 1. The summed E-state index contributed by atoms with van der Waals surface area (Å²) < 4.78 is 4.66. The van der Waals surface area contributed by atoms with Crippen LogP contribution in [0.2, 0.25) is 0 Å². The summed E-state index contributed by atoms with van der Waals surface area (Å²) in [5.41, 5.74) is 1.14. The molecule has 116 valence electrons. The second-order valence-electron chi connectivity index (χ2n) is 3.72. The fraction of sp³-hybridized carbons (Fsp3) is 0.375. The summed E-state index contributed by atoms with van der Waals surface area (Å²) in [4.78, 5) is 26.5. The smallest absolute Gasteiger partial charge is 0.192 e. The summed E-state index contributed by atoms with van der Waals surface area (Å²) >= 11 is 0. The van der Waals surface area contributed by atoms with Crippen molar-refractivity contribution in [1.82, 2.24) is 4.98 Å². The van der Waals surface area contributed by atoms with Crippen LogP contribution in [0.1, 0.15) is 33.3 Å². The Hall–Kier alpha value is -1.51. The molecule has 0 aliphatic carbocycles. The maximum absolute atomic E-state index is 12.0. The Morgan fingerprint density at radius 2 is 1.81 bits per heavy atom. The Bertz CT molecular complexity index is 608. The van der Waals surface area contributed by atoms with Crippen molar-refractivity contribution in [2.45, 2.75) is 34.1 Å². The molecule has 1 atom stereocenters. The zero-order chi connectivity index (χ0) is 16.3. The third-order valence-electron chi connectivity index (χ3n) is 2.50. The molecule has 0 aliphatic rings. The van der Waals surface area contributed by atoms with Crippen molar-refractivity contribution >= 4 is 26.2 Å². The maximum Gasteiger partial charge on any atom is 0.192 e. The summed E-state index contributed by atoms with van der Waals surface area (Å²) in [6, 6.07) is 7.22. The van der Waals surface area contributed by atoms with Crippen molar-refractivity contribution in [1.29, 1.82) is 0 Å². The number of aromatic amines is 1. The Kier molecular flexibility index (Phi) is 10.4. The molecule has 0 saturated carbocycles. The highest BCUT2D eigenvalue weighted by Crippen LogP contribution is 2.07. The van der Waals surface area contributed by atoms with Gasteiger partial charge in [0.15, 0.2) is 11.2 Å². The predicted molar refractivity (Wildman–Crippen MR) is 91.6 cm³/mol. The fourth-order valence-corrected chi connectivity index (χ4v) is 1.88. The highest BCUT2D eigenvalue weighted by molar-refractivity contribution is 7.09. The lowest BCUT2D eigenvalue weighted by atomic mass is 10.1. The van der Waals surface area contributed by atoms with Crippen molar-refractivity contribution in [3.8, 4) is 0 Å². The number of para-hydroxylation sites is 1. The van der Waals surface area contributed by atoms with E-state index in [1.54, 1.807) is 18.3 Å². The van der Waals surface area contributed by atoms with Gasteiger partial charge in [-0.3, -0.25) is 9.59 Å². The van der Waals surface area contributed by atoms with Crippen LogP contribution in [-0.4, -0.2) is 17.4 Å². The first-order valence-corrected chi connectivity index (χ1v) is 7.62. The molecule has 0 spiro atoms. The monoisotopic (exact) mass is 309 g/mol. The second kappa shape index (κ2) is 11.2. The van der Waals surface area contributed by atoms with E-state index in [0.717, 1.165) is 5.52 Å². The van der Waals surface area contributed by atoms with E-state index < -0.39 is 0 Å². The number of fused-ring (bicyclic) bond motifs is 1. The molecule has 0 amide bonds. The molecule has 1 unspecified atom stereocenters. The summed E-state index contributed by atoms with van der Waals surface area (Å²) in [7, 11) is 2.02. The van der Waals surface area contributed by atoms with Gasteiger partial charge in [-0.05, 0) is 12.1 Å². The molecular weight excluding hydrogens is 285 g/mol. The number of pyridine rings is 1. The summed E-state index contributed by atoms with van der Waals surface area (Å²) in [5, 5.41) is 0.601. The van der Waals surface area contributed by atoms with Crippen LogP contribution in [0.15, 0.2) is 35.3 Å². The summed E-state index contributed by atoms with van der Waals surface area (Å²) in [6.07, 6.45) is 1.68. The van der Waals surface area contributed by atoms with Gasteiger partial charge in [-0.2, -0.15) is 0 Å². The maximum atomic E-state index is 12.0. The van der Waals surface area contributed by atoms with E-state index in [4.69, 9.17) is 0 Å². The van der Waals surface area contributed by atoms with Gasteiger partial charge in [-0.15, -0.1) is 0 Å². The molecule has 1 N–H and O–H groups in total. The van der Waals surface area contributed by atoms with Gasteiger partial charge in [0.25, 0.3) is 0 Å². The van der Waals surface area contributed by atoms with Crippen LogP contribution < -0.4 is 5.43 Å². The van der Waals surface area contributed by atoms with Crippen LogP contribution >= 0.6 is 9.47 Å². The van der Waals surface area contributed by atoms with Crippen molar-refractivity contribution < 1.29 is 9.32 Å². The molecule has 2 aromatic rings. The fourth-order valence-electron chi connectivity index (χ4n) is 1.70. The van der Waals surface area contributed by atoms with Gasteiger partial charge in [0.1, 0.15) is 6.61 Å². The first-order valence-electron chi connectivity index (χ1n) is 7.15. The van der Waals surface area contributed by atoms with E-state index in [9.17, 15) is 9.59 Å². The zero-order valence-electron chi connectivity index (χ0n) is 13.1. The number of H-pyrrole nitrogens is 1. The minimum Gasteiger partial charge on any atom is -0.361 e. The summed E-state index contributed by atoms with van der Waals surface area (Å²) in [5.74, 6) is -0.124. The lowest BCUT2D eigenvalue weighted by molar-refractivity contribution is -0.120. The number of aromatic nitrogens is 1. The Morgan fingerprint density at radius 1 is 1.19 bits per heavy atom. The molecule has 0 aliphatic heterocycles. The highest BCUT2D eigenvalue weighted by atomic mass is 31.0. The van der Waals surface area contributed by atoms with E-state index in [0.29, 0.717) is 10.9 Å². The average molecular weight is 309 g/mol. The largest absolute Gasteiger partial charge is 0.361 e. The molecule has 1 heterocycles. The van der Waals surface area contributed by atoms with E-state index >= 15 is 0 Å². The number of nitrogens with one attached hydrogen (secondary N) is 1. The lowest BCUT2D eigenvalue weighted by Crippen LogP contribution is -2.16. The van der Waals surface area contributed by atoms with Gasteiger partial charge in [-0.1, -0.05) is 39.8 Å². The number of Topliss-reactive ketones (excluding diaryl/α,β-unsaturated/α-hetero) is 1. The Labute approximate surface area is 128 Å². The third-order valence-corrected chi connectivity index (χ3v) is 2.66. The number of carbonyl (C=O) groups is 1. The van der Waals surface area contributed by atoms with Gasteiger partial charge < -0.3 is 9.51 Å². The van der Waals surface area contributed by atoms with Crippen molar-refractivity contribution in [3.63, 3.8) is 0 Å². The van der Waals surface area contributed by atoms with E-state index in [2.05, 4.69) is 9.51 Å². The number of benzene rings is 1. The molecule has 5 heteroatoms. The predicted octanol–water partition coefficient (Wildman–Crippen LogP) is 3.50. The topological polar surface area (TPSA) is 59.2 Å². The van der Waals surface area contributed by atoms with Gasteiger partial charge in [0, 0.05) is 38.6 Å². The Morgan fingerprint density at radius 3 is 2.43 bits per heavy atom. The molecule has 2 rings (SSSR count). The van der Waals surface area contributed by atoms with E-state index in [-0.39, 0.29) is 24.2 Å². The zero-order valence-corrected chi connectivity index (χ0v) is 14.3. The third kappa shape index (κ3) is 5.78. The van der Waals surface area contributed by atoms with Gasteiger partial charge in [0.2, 0.25) is 0 Å². The molecule has 1 aromatic carbocycles. The first kappa shape index (κ1) is 19.5. The first-order chi connectivity index (χ1) is 10.2. The van der Waals surface area contributed by atoms with Crippen molar-refractivity contribution in [2.24, 2.45) is 0 Å². The van der Waals surface area contributed by atoms with Gasteiger partial charge in [-0.25, -0.2) is 0 Å². The summed E-state index contributed by atoms with van der Waals surface area (Å²) in [6.45, 7) is 8.00. The minimum atomic E-state index is -0.124. The lowest BCUT2D eigenvalue weighted by Gasteiger charge is -2.02. The second-order valence-corrected chi connectivity index (χ2v) is 4.05. The molecule has 21 heavy (non-hydrogen) atoms. The number of carbonyl (C=O) groups excluding carboxylic acids is 1. The highest BCUT2D eigenvalue weighted by Gasteiger charge is 2.09. The molecule has 0 saturated heterocycles. The molecule has 0 radical (unpaired) electrons. The van der Waals surface area contributed by atoms with Gasteiger partial charge in [0.05, 0.1) is 0 Å². The van der Waals surface area contributed by atoms with Gasteiger partial charge >= 0.3 is 0 Å². The van der Waals surface area contributed by atoms with E-state index in [1.165, 1.54) is 0 Å². The average Bonchev–Trinajstić information content (AvgIpc) is 2.54. The van der Waals surface area contributed by atoms with Crippen molar-refractivity contribution in [3.05, 3.63) is 46.2 Å². The van der Waals surface area contributed by atoms with Crippen LogP contribution in [0.4, 0.5) is 0 Å². The van der Waals surface area contributed by atoms with Crippen LogP contribution in [0.25, 0.3) is 10.9 Å². The van der Waals surface area contributed by atoms with Crippen LogP contribution in [-0.2, 0) is 15.7 Å². The van der Waals surface area contributed by atoms with Crippen molar-refractivity contribution in [2.75, 3.05) is 6.61 Å². The minimum absolute atomic E-state index is 0.00304.